The third-order valence-corrected chi connectivity index (χ3v) is 4.02. The molecule has 0 aliphatic carbocycles. The fraction of sp³-hybridized carbons (Fsp3) is 0. The van der Waals surface area contributed by atoms with Gasteiger partial charge in [0, 0.05) is 16.3 Å². The van der Waals surface area contributed by atoms with Crippen molar-refractivity contribution in [3.8, 4) is 0 Å². The normalized spacial score (nSPS) is 10.4. The van der Waals surface area contributed by atoms with Crippen LogP contribution in [0.15, 0.2) is 30.3 Å². The van der Waals surface area contributed by atoms with E-state index in [0.29, 0.717) is 37.0 Å². The van der Waals surface area contributed by atoms with Gasteiger partial charge in [0.2, 0.25) is 0 Å². The van der Waals surface area contributed by atoms with Crippen LogP contribution in [0, 0.1) is 0 Å². The Balaban J connectivity index is 2.45. The number of anilines is 2. The van der Waals surface area contributed by atoms with Crippen LogP contribution in [-0.2, 0) is 0 Å². The number of hydrogen-bond acceptors (Lipinski definition) is 2. The van der Waals surface area contributed by atoms with Crippen molar-refractivity contribution in [2.45, 2.75) is 0 Å². The van der Waals surface area contributed by atoms with E-state index >= 15 is 0 Å². The van der Waals surface area contributed by atoms with Gasteiger partial charge in [-0.2, -0.15) is 0 Å². The van der Waals surface area contributed by atoms with Crippen molar-refractivity contribution < 1.29 is 0 Å². The number of benzene rings is 2. The Morgan fingerprint density at radius 1 is 0.900 bits per heavy atom. The van der Waals surface area contributed by atoms with Crippen molar-refractivity contribution in [1.29, 1.82) is 0 Å². The molecule has 2 aromatic rings. The zero-order chi connectivity index (χ0) is 14.9. The van der Waals surface area contributed by atoms with Crippen LogP contribution >= 0.6 is 58.6 Å². The highest BCUT2D eigenvalue weighted by molar-refractivity contribution is 7.80. The molecule has 0 radical (unpaired) electrons. The molecule has 0 bridgehead atoms. The molecule has 0 aromatic heterocycles. The van der Waals surface area contributed by atoms with E-state index in [4.69, 9.17) is 64.4 Å². The Hall–Kier alpha value is -0.710. The number of hydrogen-bond donors (Lipinski definition) is 2. The van der Waals surface area contributed by atoms with Gasteiger partial charge in [-0.25, -0.2) is 0 Å². The predicted molar refractivity (Wildman–Crippen MR) is 92.1 cm³/mol. The average molecular weight is 366 g/mol. The first-order valence-corrected chi connectivity index (χ1v) is 7.31. The SMILES string of the molecule is NC(=S)c1cc(Cl)ccc1Nc1cc(Cl)c(Cl)cc1Cl. The second kappa shape index (κ2) is 6.37. The minimum Gasteiger partial charge on any atom is -0.389 e. The summed E-state index contributed by atoms with van der Waals surface area (Å²) in [7, 11) is 0. The van der Waals surface area contributed by atoms with Crippen molar-refractivity contribution in [2.24, 2.45) is 5.73 Å². The van der Waals surface area contributed by atoms with Crippen LogP contribution in [0.5, 0.6) is 0 Å². The molecule has 0 saturated carbocycles. The first-order chi connectivity index (χ1) is 9.38. The van der Waals surface area contributed by atoms with E-state index in [-0.39, 0.29) is 4.99 Å². The second-order valence-corrected chi connectivity index (χ2v) is 6.02. The second-order valence-electron chi connectivity index (χ2n) is 3.93. The highest BCUT2D eigenvalue weighted by Crippen LogP contribution is 2.35. The Bertz CT molecular complexity index is 688. The molecule has 0 aliphatic rings. The minimum atomic E-state index is 0.228. The molecule has 3 N–H and O–H groups in total. The maximum Gasteiger partial charge on any atom is 0.106 e. The third kappa shape index (κ3) is 3.48. The largest absolute Gasteiger partial charge is 0.389 e. The van der Waals surface area contributed by atoms with Gasteiger partial charge in [-0.1, -0.05) is 58.6 Å². The van der Waals surface area contributed by atoms with Gasteiger partial charge in [-0.05, 0) is 30.3 Å². The molecule has 7 heteroatoms. The molecule has 20 heavy (non-hydrogen) atoms. The van der Waals surface area contributed by atoms with Gasteiger partial charge >= 0.3 is 0 Å². The standard InChI is InChI=1S/C13H8Cl4N2S/c14-6-1-2-11(7(3-6)13(18)20)19-12-5-9(16)8(15)4-10(12)17/h1-5,19H,(H2,18,20). The lowest BCUT2D eigenvalue weighted by atomic mass is 10.1. The van der Waals surface area contributed by atoms with E-state index in [1.165, 1.54) is 0 Å². The van der Waals surface area contributed by atoms with Gasteiger partial charge in [-0.15, -0.1) is 0 Å². The lowest BCUT2D eigenvalue weighted by Gasteiger charge is -2.13. The van der Waals surface area contributed by atoms with Crippen LogP contribution in [0.2, 0.25) is 20.1 Å². The summed E-state index contributed by atoms with van der Waals surface area (Å²) in [5.41, 5.74) is 7.58. The fourth-order valence-electron chi connectivity index (χ4n) is 1.59. The molecule has 0 saturated heterocycles. The first-order valence-electron chi connectivity index (χ1n) is 5.39. The summed E-state index contributed by atoms with van der Waals surface area (Å²) in [5.74, 6) is 0. The lowest BCUT2D eigenvalue weighted by molar-refractivity contribution is 1.52. The van der Waals surface area contributed by atoms with Crippen LogP contribution in [0.1, 0.15) is 5.56 Å². The minimum absolute atomic E-state index is 0.228. The topological polar surface area (TPSA) is 38.0 Å². The monoisotopic (exact) mass is 364 g/mol. The van der Waals surface area contributed by atoms with Crippen molar-refractivity contribution in [2.75, 3.05) is 5.32 Å². The van der Waals surface area contributed by atoms with Crippen molar-refractivity contribution >= 4 is 75.0 Å². The van der Waals surface area contributed by atoms with E-state index in [9.17, 15) is 0 Å². The van der Waals surface area contributed by atoms with E-state index < -0.39 is 0 Å². The molecular formula is C13H8Cl4N2S. The quantitative estimate of drug-likeness (QED) is 0.542. The number of nitrogens with two attached hydrogens (primary N) is 1. The van der Waals surface area contributed by atoms with E-state index in [2.05, 4.69) is 5.32 Å². The van der Waals surface area contributed by atoms with Crippen molar-refractivity contribution in [3.05, 3.63) is 56.0 Å². The van der Waals surface area contributed by atoms with Gasteiger partial charge in [0.15, 0.2) is 0 Å². The molecule has 0 aliphatic heterocycles. The number of halogens is 4. The summed E-state index contributed by atoms with van der Waals surface area (Å²) >= 11 is 28.9. The molecule has 0 heterocycles. The van der Waals surface area contributed by atoms with Gasteiger partial charge < -0.3 is 11.1 Å². The lowest BCUT2D eigenvalue weighted by Crippen LogP contribution is -2.12. The van der Waals surface area contributed by atoms with Gasteiger partial charge in [0.05, 0.1) is 20.8 Å². The van der Waals surface area contributed by atoms with Crippen molar-refractivity contribution in [1.82, 2.24) is 0 Å². The maximum absolute atomic E-state index is 6.12. The van der Waals surface area contributed by atoms with Crippen LogP contribution in [0.3, 0.4) is 0 Å². The molecule has 0 atom stereocenters. The summed E-state index contributed by atoms with van der Waals surface area (Å²) in [6, 6.07) is 8.35. The summed E-state index contributed by atoms with van der Waals surface area (Å²) in [6.45, 7) is 0. The zero-order valence-electron chi connectivity index (χ0n) is 9.88. The Labute approximate surface area is 141 Å². The van der Waals surface area contributed by atoms with Crippen LogP contribution in [0.4, 0.5) is 11.4 Å². The highest BCUT2D eigenvalue weighted by Gasteiger charge is 2.10. The Morgan fingerprint density at radius 3 is 2.20 bits per heavy atom. The Kier molecular flexibility index (Phi) is 4.99. The van der Waals surface area contributed by atoms with Crippen molar-refractivity contribution in [3.63, 3.8) is 0 Å². The van der Waals surface area contributed by atoms with Crippen LogP contribution in [0.25, 0.3) is 0 Å². The third-order valence-electron chi connectivity index (χ3n) is 2.53. The average Bonchev–Trinajstić information content (AvgIpc) is 2.37. The molecule has 0 fully saturated rings. The molecule has 2 rings (SSSR count). The summed E-state index contributed by atoms with van der Waals surface area (Å²) < 4.78 is 0. The molecule has 2 nitrogen and oxygen atoms in total. The number of nitrogens with one attached hydrogen (secondary N) is 1. The van der Waals surface area contributed by atoms with Gasteiger partial charge in [0.1, 0.15) is 4.99 Å². The van der Waals surface area contributed by atoms with E-state index in [0.717, 1.165) is 0 Å². The van der Waals surface area contributed by atoms with E-state index in [1.807, 2.05) is 0 Å². The fourth-order valence-corrected chi connectivity index (χ4v) is 2.53. The van der Waals surface area contributed by atoms with Gasteiger partial charge in [-0.3, -0.25) is 0 Å². The van der Waals surface area contributed by atoms with Gasteiger partial charge in [0.25, 0.3) is 0 Å². The predicted octanol–water partition coefficient (Wildman–Crippen LogP) is 5.68. The molecule has 104 valence electrons. The first kappa shape index (κ1) is 15.7. The highest BCUT2D eigenvalue weighted by atomic mass is 35.5. The molecule has 0 spiro atoms. The summed E-state index contributed by atoms with van der Waals surface area (Å²) in [4.78, 5) is 0.228. The van der Waals surface area contributed by atoms with E-state index in [1.54, 1.807) is 30.3 Å². The number of thiocarbonyl (C=S) groups is 1. The zero-order valence-corrected chi connectivity index (χ0v) is 13.7. The smallest absolute Gasteiger partial charge is 0.106 e. The molecule has 0 amide bonds. The molecule has 0 unspecified atom stereocenters. The Morgan fingerprint density at radius 2 is 1.55 bits per heavy atom. The maximum atomic E-state index is 6.12. The molecule has 2 aromatic carbocycles. The molecular weight excluding hydrogens is 358 g/mol. The van der Waals surface area contributed by atoms with Crippen LogP contribution < -0.4 is 11.1 Å². The summed E-state index contributed by atoms with van der Waals surface area (Å²) in [6.07, 6.45) is 0. The summed E-state index contributed by atoms with van der Waals surface area (Å²) in [5, 5.41) is 4.87. The number of rotatable bonds is 3. The van der Waals surface area contributed by atoms with Crippen LogP contribution in [-0.4, -0.2) is 4.99 Å².